The normalized spacial score (nSPS) is 24.3. The van der Waals surface area contributed by atoms with Crippen LogP contribution in [0.15, 0.2) is 0 Å². The number of carbonyl (C=O) groups is 2. The Morgan fingerprint density at radius 3 is 1.69 bits per heavy atom. The van der Waals surface area contributed by atoms with E-state index in [-0.39, 0.29) is 23.7 Å². The summed E-state index contributed by atoms with van der Waals surface area (Å²) < 4.78 is 55.9. The van der Waals surface area contributed by atoms with Crippen molar-refractivity contribution in [2.75, 3.05) is 18.5 Å². The summed E-state index contributed by atoms with van der Waals surface area (Å²) in [5.74, 6) is -2.39. The van der Waals surface area contributed by atoms with E-state index >= 15 is 0 Å². The van der Waals surface area contributed by atoms with E-state index in [4.69, 9.17) is 13.8 Å². The largest absolute Gasteiger partial charge is 0.472 e. The zero-order valence-electron chi connectivity index (χ0n) is 30.2. The number of thioether (sulfide) groups is 1. The van der Waals surface area contributed by atoms with Crippen molar-refractivity contribution in [2.24, 2.45) is 5.92 Å². The smallest absolute Gasteiger partial charge is 0.460 e. The molecule has 52 heavy (non-hydrogen) atoms. The van der Waals surface area contributed by atoms with Gasteiger partial charge in [-0.25, -0.2) is 9.13 Å². The Labute approximate surface area is 310 Å². The van der Waals surface area contributed by atoms with Crippen LogP contribution in [0.5, 0.6) is 0 Å². The van der Waals surface area contributed by atoms with E-state index in [1.54, 1.807) is 0 Å². The molecule has 0 aromatic heterocycles. The van der Waals surface area contributed by atoms with Crippen molar-refractivity contribution in [1.29, 1.82) is 0 Å². The molecule has 0 aliphatic heterocycles. The van der Waals surface area contributed by atoms with Gasteiger partial charge in [-0.3, -0.25) is 27.7 Å². The quantitative estimate of drug-likeness (QED) is 0.0288. The summed E-state index contributed by atoms with van der Waals surface area (Å²) in [4.78, 5) is 72.4. The van der Waals surface area contributed by atoms with E-state index in [1.165, 1.54) is 51.4 Å². The number of aliphatic hydroxyl groups is 3. The molecule has 4 unspecified atom stereocenters. The average molecular weight is 831 g/mol. The first-order valence-corrected chi connectivity index (χ1v) is 23.9. The van der Waals surface area contributed by atoms with Crippen LogP contribution >= 0.6 is 35.0 Å². The van der Waals surface area contributed by atoms with E-state index in [1.807, 2.05) is 6.92 Å². The van der Waals surface area contributed by atoms with Crippen LogP contribution in [0.2, 0.25) is 0 Å². The van der Waals surface area contributed by atoms with Crippen LogP contribution in [0.1, 0.15) is 123 Å². The van der Waals surface area contributed by atoms with Gasteiger partial charge in [0, 0.05) is 24.5 Å². The fraction of sp³-hybridized carbons (Fsp3) is 0.935. The van der Waals surface area contributed by atoms with Crippen LogP contribution in [-0.2, 0) is 41.6 Å². The number of carbonyl (C=O) groups excluding carboxylic acids is 2. The van der Waals surface area contributed by atoms with E-state index in [0.29, 0.717) is 19.3 Å². The third-order valence-corrected chi connectivity index (χ3v) is 11.9. The molecule has 0 radical (unpaired) electrons. The Morgan fingerprint density at radius 2 is 1.19 bits per heavy atom. The van der Waals surface area contributed by atoms with Gasteiger partial charge in [-0.2, -0.15) is 0 Å². The molecule has 0 spiro atoms. The Kier molecular flexibility index (Phi) is 24.7. The summed E-state index contributed by atoms with van der Waals surface area (Å²) in [6.45, 7) is 3.32. The molecule has 1 aliphatic rings. The van der Waals surface area contributed by atoms with Gasteiger partial charge in [-0.05, 0) is 19.3 Å². The number of rotatable bonds is 29. The predicted molar refractivity (Wildman–Crippen MR) is 193 cm³/mol. The summed E-state index contributed by atoms with van der Waals surface area (Å²) >= 11 is 0.992. The minimum Gasteiger partial charge on any atom is -0.460 e. The van der Waals surface area contributed by atoms with Crippen LogP contribution < -0.4 is 0 Å². The van der Waals surface area contributed by atoms with Crippen molar-refractivity contribution in [3.63, 3.8) is 0 Å². The Balaban J connectivity index is 2.75. The highest BCUT2D eigenvalue weighted by molar-refractivity contribution is 8.13. The van der Waals surface area contributed by atoms with Crippen molar-refractivity contribution >= 4 is 46.1 Å². The zero-order chi connectivity index (χ0) is 39.4. The van der Waals surface area contributed by atoms with Gasteiger partial charge >= 0.3 is 29.2 Å². The fourth-order valence-electron chi connectivity index (χ4n) is 5.84. The molecule has 1 saturated carbocycles. The van der Waals surface area contributed by atoms with Crippen LogP contribution in [0.3, 0.4) is 0 Å². The molecule has 17 nitrogen and oxygen atoms in total. The molecule has 8 atom stereocenters. The van der Waals surface area contributed by atoms with Crippen LogP contribution in [0, 0.1) is 5.92 Å². The van der Waals surface area contributed by atoms with Gasteiger partial charge < -0.3 is 44.5 Å². The number of hydrogen-bond acceptors (Lipinski definition) is 13. The summed E-state index contributed by atoms with van der Waals surface area (Å²) in [7, 11) is -15.8. The third-order valence-electron chi connectivity index (χ3n) is 8.55. The molecule has 1 rings (SSSR count). The molecule has 0 aromatic carbocycles. The van der Waals surface area contributed by atoms with E-state index in [0.717, 1.165) is 37.4 Å². The minimum absolute atomic E-state index is 0.0452. The molecule has 0 bridgehead atoms. The maximum atomic E-state index is 12.9. The van der Waals surface area contributed by atoms with E-state index in [2.05, 4.69) is 11.4 Å². The summed E-state index contributed by atoms with van der Waals surface area (Å²) in [6, 6.07) is 0. The first-order chi connectivity index (χ1) is 24.3. The number of ether oxygens (including phenoxy) is 1. The van der Waals surface area contributed by atoms with Gasteiger partial charge in [-0.15, -0.1) is 0 Å². The van der Waals surface area contributed by atoms with Gasteiger partial charge in [0.2, 0.25) is 0 Å². The average Bonchev–Trinajstić information content (AvgIpc) is 3.04. The second-order valence-corrected chi connectivity index (χ2v) is 18.7. The molecular formula is C31H61O17P3S. The number of hydrogen-bond donors (Lipinski definition) is 8. The Bertz CT molecular complexity index is 1170. The topological polar surface area (TPSA) is 284 Å². The molecule has 0 amide bonds. The lowest BCUT2D eigenvalue weighted by atomic mass is 9.79. The van der Waals surface area contributed by atoms with E-state index in [9.17, 15) is 63.1 Å². The Hall–Kier alpha value is -0.260. The van der Waals surface area contributed by atoms with Gasteiger partial charge in [0.25, 0.3) is 0 Å². The van der Waals surface area contributed by atoms with Crippen LogP contribution in [0.25, 0.3) is 0 Å². The number of aliphatic hydroxyl groups excluding tert-OH is 3. The molecule has 308 valence electrons. The molecule has 0 aromatic rings. The second kappa shape index (κ2) is 25.8. The van der Waals surface area contributed by atoms with E-state index < -0.39 is 84.5 Å². The second-order valence-electron chi connectivity index (χ2n) is 13.2. The van der Waals surface area contributed by atoms with Gasteiger partial charge in [-0.1, -0.05) is 103 Å². The first kappa shape index (κ1) is 49.8. The predicted octanol–water partition coefficient (Wildman–Crippen LogP) is 4.70. The monoisotopic (exact) mass is 830 g/mol. The SMILES string of the molecule is CCCCCCCCCCCCCCCC(=O)O[C@@H](CCSC(=O)CCC)COP(=O)(O)OC1C(O)[C@@H](O)C(OP(=O)(O)O)[C@@H](CP(=O)(O)O)[C@H]1O. The van der Waals surface area contributed by atoms with Crippen molar-refractivity contribution in [2.45, 2.75) is 160 Å². The molecule has 8 N–H and O–H groups in total. The van der Waals surface area contributed by atoms with Gasteiger partial charge in [0.05, 0.1) is 18.9 Å². The molecule has 21 heteroatoms. The van der Waals surface area contributed by atoms with Gasteiger partial charge in [0.1, 0.15) is 30.5 Å². The summed E-state index contributed by atoms with van der Waals surface area (Å²) in [5, 5.41) is 31.7. The number of phosphoric acid groups is 2. The summed E-state index contributed by atoms with van der Waals surface area (Å²) in [5.41, 5.74) is 0. The van der Waals surface area contributed by atoms with Crippen molar-refractivity contribution in [3.05, 3.63) is 0 Å². The van der Waals surface area contributed by atoms with Crippen LogP contribution in [-0.4, -0.2) is 106 Å². The highest BCUT2D eigenvalue weighted by Crippen LogP contribution is 2.52. The number of unbranched alkanes of at least 4 members (excludes halogenated alkanes) is 12. The fourth-order valence-corrected chi connectivity index (χ4v) is 9.34. The lowest BCUT2D eigenvalue weighted by molar-refractivity contribution is -0.193. The summed E-state index contributed by atoms with van der Waals surface area (Å²) in [6.07, 6.45) is 1.82. The maximum absolute atomic E-state index is 12.9. The molecular weight excluding hydrogens is 769 g/mol. The standard InChI is InChI=1S/C31H61O17P3S/c1-3-5-6-7-8-9-10-11-12-13-14-15-16-18-25(32)46-23(19-20-52-26(33)17-4-2)21-45-51(43,44)48-31-27(34)24(22-49(37,38)39)30(28(35)29(31)36)47-50(40,41)42/h23-24,27-31,34-36H,3-22H2,1-2H3,(H,43,44)(H2,37,38,39)(H2,40,41,42)/t23-,24-,27+,28+,29?,30?,31?/m0/s1. The first-order valence-electron chi connectivity index (χ1n) is 18.1. The lowest BCUT2D eigenvalue weighted by Crippen LogP contribution is -2.62. The zero-order valence-corrected chi connectivity index (χ0v) is 33.7. The number of esters is 1. The van der Waals surface area contributed by atoms with Crippen molar-refractivity contribution in [3.8, 4) is 0 Å². The minimum atomic E-state index is -5.43. The molecule has 1 fully saturated rings. The third kappa shape index (κ3) is 22.3. The van der Waals surface area contributed by atoms with Gasteiger partial charge in [0.15, 0.2) is 5.12 Å². The van der Waals surface area contributed by atoms with Crippen molar-refractivity contribution in [1.82, 2.24) is 0 Å². The van der Waals surface area contributed by atoms with Crippen molar-refractivity contribution < 1.29 is 81.4 Å². The molecule has 0 saturated heterocycles. The molecule has 0 heterocycles. The van der Waals surface area contributed by atoms with Crippen LogP contribution in [0.4, 0.5) is 0 Å². The maximum Gasteiger partial charge on any atom is 0.472 e. The Morgan fingerprint density at radius 1 is 0.673 bits per heavy atom. The highest BCUT2D eigenvalue weighted by atomic mass is 32.2. The number of phosphoric ester groups is 2. The molecule has 1 aliphatic carbocycles. The highest BCUT2D eigenvalue weighted by Gasteiger charge is 2.55. The lowest BCUT2D eigenvalue weighted by Gasteiger charge is -2.45.